The van der Waals surface area contributed by atoms with Gasteiger partial charge in [0.2, 0.25) is 12.4 Å². The van der Waals surface area contributed by atoms with Gasteiger partial charge in [0, 0.05) is 39.5 Å². The van der Waals surface area contributed by atoms with Crippen LogP contribution < -0.4 is 55.8 Å². The smallest absolute Gasteiger partial charge is 0.546 e. The van der Waals surface area contributed by atoms with Crippen molar-refractivity contribution < 1.29 is 78.7 Å². The van der Waals surface area contributed by atoms with E-state index in [1.165, 1.54) is 28.9 Å². The number of nitrogens with one attached hydrogen (secondary N) is 2. The average molecular weight is 711 g/mol. The number of benzene rings is 1. The Bertz CT molecular complexity index is 1770. The predicted octanol–water partition coefficient (Wildman–Crippen LogP) is -3.66. The standard InChI is InChI=1S/C27H25N7O9S3.Na/c1-29-33-6-4-14(5-7-33)44-9-13-10-45-24-19(23(38)34(24)20(13)25(39)40)31-22(37)18(15-11-46-27(28)30-15)32-43-21(26(41)42)12-2-3-16(35)17(36)8-12;/h2-8,11,19,21,24,29H,9-10H2,1H3,(H6-,28,30,31,32,35,36,37,39,40,41,42);/q;+1/t19-,21?,24-;/m1./s1. The number of carbonyl (C=O) groups excluding carboxylic acids is 3. The molecule has 16 nitrogen and oxygen atoms in total. The Labute approximate surface area is 300 Å². The van der Waals surface area contributed by atoms with E-state index in [-0.39, 0.29) is 57.4 Å². The number of hydrogen-bond donors (Lipinski definition) is 6. The van der Waals surface area contributed by atoms with Crippen molar-refractivity contribution in [3.05, 3.63) is 70.6 Å². The molecule has 20 heteroatoms. The van der Waals surface area contributed by atoms with Crippen LogP contribution in [-0.4, -0.2) is 84.6 Å². The number of aliphatic carboxylic acids is 2. The summed E-state index contributed by atoms with van der Waals surface area (Å²) in [5, 5.41) is 48.1. The largest absolute Gasteiger partial charge is 1.00 e. The first-order chi connectivity index (χ1) is 22.0. The second-order valence-electron chi connectivity index (χ2n) is 9.64. The van der Waals surface area contributed by atoms with Crippen LogP contribution in [0, 0.1) is 0 Å². The van der Waals surface area contributed by atoms with Crippen LogP contribution in [0.3, 0.4) is 0 Å². The van der Waals surface area contributed by atoms with Crippen LogP contribution in [0.25, 0.3) is 0 Å². The second kappa shape index (κ2) is 15.3. The van der Waals surface area contributed by atoms with Crippen molar-refractivity contribution in [1.29, 1.82) is 0 Å². The number of nitrogen functional groups attached to an aromatic ring is 1. The number of oxime groups is 1. The third kappa shape index (κ3) is 7.77. The molecule has 2 aromatic heterocycles. The van der Waals surface area contributed by atoms with Crippen molar-refractivity contribution >= 4 is 69.5 Å². The summed E-state index contributed by atoms with van der Waals surface area (Å²) in [5.41, 5.74) is 8.29. The summed E-state index contributed by atoms with van der Waals surface area (Å²) in [6.07, 6.45) is 1.71. The van der Waals surface area contributed by atoms with E-state index in [1.807, 2.05) is 24.5 Å². The van der Waals surface area contributed by atoms with Gasteiger partial charge in [0.15, 0.2) is 28.4 Å². The fraction of sp³-hybridized carbons (Fsp3) is 0.222. The Morgan fingerprint density at radius 2 is 1.98 bits per heavy atom. The number of fused-ring (bicyclic) bond motifs is 1. The third-order valence-corrected chi connectivity index (χ3v) is 9.86. The first-order valence-electron chi connectivity index (χ1n) is 13.2. The number of hydrogen-bond acceptors (Lipinski definition) is 15. The molecule has 1 fully saturated rings. The molecule has 0 radical (unpaired) electrons. The molecule has 2 amide bonds. The number of nitrogens with zero attached hydrogens (tertiary/aromatic N) is 4. The Balaban J connectivity index is 0.00000500. The second-order valence-corrected chi connectivity index (χ2v) is 12.7. The number of rotatable bonds is 12. The number of thiazole rings is 1. The number of aromatic hydroxyl groups is 2. The molecular formula is C27H25N7NaO9S3+. The number of carbonyl (C=O) groups is 4. The summed E-state index contributed by atoms with van der Waals surface area (Å²) < 4.78 is 1.75. The van der Waals surface area contributed by atoms with Gasteiger partial charge in [-0.3, -0.25) is 14.5 Å². The number of anilines is 1. The fourth-order valence-corrected chi connectivity index (χ4v) is 7.40. The molecule has 1 aromatic carbocycles. The molecule has 0 saturated carbocycles. The minimum atomic E-state index is -1.92. The number of aromatic nitrogens is 2. The molecule has 0 spiro atoms. The predicted molar refractivity (Wildman–Crippen MR) is 164 cm³/mol. The van der Waals surface area contributed by atoms with Gasteiger partial charge < -0.3 is 41.1 Å². The number of carboxylic acids is 2. The summed E-state index contributed by atoms with van der Waals surface area (Å²) >= 11 is 3.66. The molecule has 2 aliphatic heterocycles. The zero-order valence-corrected chi connectivity index (χ0v) is 29.1. The monoisotopic (exact) mass is 710 g/mol. The molecule has 240 valence electrons. The Morgan fingerprint density at radius 3 is 2.57 bits per heavy atom. The molecule has 0 aliphatic carbocycles. The number of nitrogens with two attached hydrogens (primary N) is 1. The summed E-state index contributed by atoms with van der Waals surface area (Å²) in [6, 6.07) is 5.69. The minimum absolute atomic E-state index is 0. The van der Waals surface area contributed by atoms with Gasteiger partial charge in [-0.25, -0.2) is 9.78 Å². The van der Waals surface area contributed by atoms with E-state index in [0.717, 1.165) is 39.3 Å². The molecular weight excluding hydrogens is 686 g/mol. The number of amides is 2. The fourth-order valence-electron chi connectivity index (χ4n) is 4.48. The Kier molecular flexibility index (Phi) is 11.6. The van der Waals surface area contributed by atoms with Crippen molar-refractivity contribution in [3.8, 4) is 11.5 Å². The van der Waals surface area contributed by atoms with Crippen molar-refractivity contribution in [2.75, 3.05) is 29.7 Å². The maximum absolute atomic E-state index is 13.4. The zero-order valence-electron chi connectivity index (χ0n) is 24.6. The van der Waals surface area contributed by atoms with E-state index in [2.05, 4.69) is 20.9 Å². The van der Waals surface area contributed by atoms with E-state index in [4.69, 9.17) is 10.6 Å². The number of carboxylic acid groups (broad SMARTS) is 2. The van der Waals surface area contributed by atoms with Crippen molar-refractivity contribution in [2.45, 2.75) is 22.4 Å². The maximum atomic E-state index is 13.4. The van der Waals surface area contributed by atoms with Gasteiger partial charge in [0.05, 0.1) is 13.0 Å². The summed E-state index contributed by atoms with van der Waals surface area (Å²) in [7, 11) is 1.77. The average Bonchev–Trinajstić information content (AvgIpc) is 3.47. The van der Waals surface area contributed by atoms with Gasteiger partial charge >= 0.3 is 35.5 Å². The molecule has 5 rings (SSSR count). The van der Waals surface area contributed by atoms with E-state index >= 15 is 0 Å². The van der Waals surface area contributed by atoms with Crippen LogP contribution in [0.4, 0.5) is 5.13 Å². The molecule has 1 saturated heterocycles. The number of pyridine rings is 1. The van der Waals surface area contributed by atoms with Gasteiger partial charge in [-0.1, -0.05) is 15.9 Å². The van der Waals surface area contributed by atoms with Crippen molar-refractivity contribution in [2.24, 2.45) is 5.16 Å². The van der Waals surface area contributed by atoms with Crippen LogP contribution >= 0.6 is 34.9 Å². The van der Waals surface area contributed by atoms with Gasteiger partial charge in [-0.2, -0.15) is 5.43 Å². The van der Waals surface area contributed by atoms with Crippen LogP contribution in [0.2, 0.25) is 0 Å². The zero-order chi connectivity index (χ0) is 33.1. The quantitative estimate of drug-likeness (QED) is 0.0202. The number of β-lactam (4-membered cyclic amide) rings is 1. The first kappa shape index (κ1) is 35.8. The molecule has 0 bridgehead atoms. The van der Waals surface area contributed by atoms with E-state index in [0.29, 0.717) is 11.3 Å². The molecule has 47 heavy (non-hydrogen) atoms. The summed E-state index contributed by atoms with van der Waals surface area (Å²) in [5.74, 6) is -5.20. The number of thioether (sulfide) groups is 2. The maximum Gasteiger partial charge on any atom is 1.00 e. The van der Waals surface area contributed by atoms with Crippen LogP contribution in [-0.2, 0) is 24.0 Å². The van der Waals surface area contributed by atoms with Crippen LogP contribution in [0.5, 0.6) is 11.5 Å². The normalized spacial score (nSPS) is 17.9. The molecule has 7 N–H and O–H groups in total. The minimum Gasteiger partial charge on any atom is -0.546 e. The van der Waals surface area contributed by atoms with E-state index in [9.17, 15) is 39.6 Å². The summed E-state index contributed by atoms with van der Waals surface area (Å²) in [6.45, 7) is 0. The summed E-state index contributed by atoms with van der Waals surface area (Å²) in [4.78, 5) is 61.9. The third-order valence-electron chi connectivity index (χ3n) is 6.75. The van der Waals surface area contributed by atoms with Gasteiger partial charge in [-0.05, 0) is 17.7 Å². The van der Waals surface area contributed by atoms with Gasteiger partial charge in [0.25, 0.3) is 11.8 Å². The first-order valence-corrected chi connectivity index (χ1v) is 16.1. The van der Waals surface area contributed by atoms with Crippen molar-refractivity contribution in [3.63, 3.8) is 0 Å². The molecule has 1 unspecified atom stereocenters. The van der Waals surface area contributed by atoms with Gasteiger partial charge in [0.1, 0.15) is 22.8 Å². The topological polar surface area (TPSA) is 244 Å². The molecule has 3 aromatic rings. The van der Waals surface area contributed by atoms with E-state index < -0.39 is 58.5 Å². The molecule has 3 atom stereocenters. The Hall–Kier alpha value is -4.01. The molecule has 4 heterocycles. The number of phenolic OH excluding ortho intramolecular Hbond substituents is 2. The Morgan fingerprint density at radius 1 is 1.26 bits per heavy atom. The van der Waals surface area contributed by atoms with Crippen LogP contribution in [0.1, 0.15) is 17.4 Å². The van der Waals surface area contributed by atoms with Gasteiger partial charge in [-0.15, -0.1) is 34.9 Å². The van der Waals surface area contributed by atoms with Crippen LogP contribution in [0.15, 0.2) is 69.4 Å². The SMILES string of the molecule is CN[n+]1ccc(SCC2=C(C(=O)O)N3C(=O)[C@@H](NC(=O)C(=NOC(C(=O)[O-])c4ccc(O)c(O)c4)c4csc(N)n4)[C@H]3SC2)cc1.[Na+]. The molecule has 2 aliphatic rings. The number of phenols is 2. The van der Waals surface area contributed by atoms with Crippen molar-refractivity contribution in [1.82, 2.24) is 15.2 Å². The van der Waals surface area contributed by atoms with E-state index in [1.54, 1.807) is 11.7 Å².